The van der Waals surface area contributed by atoms with Crippen molar-refractivity contribution in [3.8, 4) is 5.75 Å². The highest BCUT2D eigenvalue weighted by molar-refractivity contribution is 5.99. The molecule has 164 valence electrons. The van der Waals surface area contributed by atoms with Crippen molar-refractivity contribution in [2.24, 2.45) is 0 Å². The quantitative estimate of drug-likeness (QED) is 0.647. The van der Waals surface area contributed by atoms with E-state index in [1.165, 1.54) is 5.69 Å². The van der Waals surface area contributed by atoms with Crippen molar-refractivity contribution < 1.29 is 9.53 Å². The number of methoxy groups -OCH3 is 1. The lowest BCUT2D eigenvalue weighted by Crippen LogP contribution is -2.46. The van der Waals surface area contributed by atoms with E-state index in [-0.39, 0.29) is 18.3 Å². The Morgan fingerprint density at radius 3 is 2.40 bits per heavy atom. The minimum absolute atomic E-state index is 0. The minimum Gasteiger partial charge on any atom is -0.495 e. The zero-order valence-electron chi connectivity index (χ0n) is 18.1. The van der Waals surface area contributed by atoms with Gasteiger partial charge < -0.3 is 19.9 Å². The van der Waals surface area contributed by atoms with Gasteiger partial charge in [-0.3, -0.25) is 9.69 Å². The summed E-state index contributed by atoms with van der Waals surface area (Å²) >= 11 is 0. The number of rotatable bonds is 8. The third-order valence-corrected chi connectivity index (χ3v) is 5.33. The summed E-state index contributed by atoms with van der Waals surface area (Å²) < 4.78 is 5.50. The van der Waals surface area contributed by atoms with Gasteiger partial charge in [-0.1, -0.05) is 24.3 Å². The highest BCUT2D eigenvalue weighted by Gasteiger charge is 2.19. The van der Waals surface area contributed by atoms with Crippen LogP contribution in [0, 0.1) is 0 Å². The van der Waals surface area contributed by atoms with Crippen LogP contribution in [0.2, 0.25) is 0 Å². The Morgan fingerprint density at radius 2 is 1.70 bits per heavy atom. The summed E-state index contributed by atoms with van der Waals surface area (Å²) in [4.78, 5) is 18.8. The fourth-order valence-corrected chi connectivity index (χ4v) is 3.69. The van der Waals surface area contributed by atoms with Gasteiger partial charge >= 0.3 is 0 Å². The molecule has 2 aromatic rings. The molecule has 1 saturated heterocycles. The van der Waals surface area contributed by atoms with Crippen LogP contribution in [0.5, 0.6) is 5.75 Å². The van der Waals surface area contributed by atoms with Gasteiger partial charge in [0.2, 0.25) is 0 Å². The second-order valence-electron chi connectivity index (χ2n) is 7.53. The first-order valence-corrected chi connectivity index (χ1v) is 10.2. The molecule has 6 nitrogen and oxygen atoms in total. The van der Waals surface area contributed by atoms with E-state index < -0.39 is 0 Å². The molecule has 1 amide bonds. The molecule has 1 aliphatic heterocycles. The van der Waals surface area contributed by atoms with E-state index in [0.29, 0.717) is 0 Å². The predicted molar refractivity (Wildman–Crippen MR) is 126 cm³/mol. The van der Waals surface area contributed by atoms with Gasteiger partial charge in [0.15, 0.2) is 0 Å². The molecule has 1 fully saturated rings. The van der Waals surface area contributed by atoms with Crippen LogP contribution in [-0.4, -0.2) is 76.2 Å². The molecular formula is C23H33ClN4O2. The van der Waals surface area contributed by atoms with Crippen molar-refractivity contribution >= 4 is 29.7 Å². The van der Waals surface area contributed by atoms with Crippen molar-refractivity contribution in [3.05, 3.63) is 54.1 Å². The predicted octanol–water partition coefficient (Wildman–Crippen LogP) is 3.44. The molecule has 0 bridgehead atoms. The van der Waals surface area contributed by atoms with Gasteiger partial charge in [0, 0.05) is 52.5 Å². The summed E-state index contributed by atoms with van der Waals surface area (Å²) in [7, 11) is 5.29. The number of para-hydroxylation sites is 3. The van der Waals surface area contributed by atoms with E-state index in [4.69, 9.17) is 4.74 Å². The van der Waals surface area contributed by atoms with E-state index in [0.717, 1.165) is 62.7 Å². The number of hydrogen-bond acceptors (Lipinski definition) is 5. The largest absolute Gasteiger partial charge is 0.495 e. The van der Waals surface area contributed by atoms with Crippen LogP contribution in [0.4, 0.5) is 11.4 Å². The Hall–Kier alpha value is -2.44. The van der Waals surface area contributed by atoms with E-state index in [1.54, 1.807) is 26.1 Å². The standard InChI is InChI=1S/C23H32N4O2.ClH/c1-25(2)23(28)19-9-4-5-10-20(19)24-13-8-14-26-15-17-27(18-16-26)21-11-6-7-12-22(21)29-3;/h4-7,9-12,24H,8,13-18H2,1-3H3;1H. The van der Waals surface area contributed by atoms with Gasteiger partial charge in [-0.2, -0.15) is 0 Å². The molecule has 7 heteroatoms. The first-order chi connectivity index (χ1) is 14.1. The number of anilines is 2. The van der Waals surface area contributed by atoms with Gasteiger partial charge in [0.25, 0.3) is 5.91 Å². The molecule has 0 aromatic heterocycles. The smallest absolute Gasteiger partial charge is 0.255 e. The number of carbonyl (C=O) groups is 1. The number of nitrogens with one attached hydrogen (secondary N) is 1. The van der Waals surface area contributed by atoms with Crippen LogP contribution >= 0.6 is 12.4 Å². The summed E-state index contributed by atoms with van der Waals surface area (Å²) in [5.41, 5.74) is 2.81. The monoisotopic (exact) mass is 432 g/mol. The van der Waals surface area contributed by atoms with Crippen LogP contribution in [0.1, 0.15) is 16.8 Å². The Morgan fingerprint density at radius 1 is 1.03 bits per heavy atom. The molecule has 0 aliphatic carbocycles. The van der Waals surface area contributed by atoms with Crippen LogP contribution in [0.3, 0.4) is 0 Å². The minimum atomic E-state index is 0. The molecule has 30 heavy (non-hydrogen) atoms. The zero-order chi connectivity index (χ0) is 20.6. The second kappa shape index (κ2) is 11.7. The number of amides is 1. The van der Waals surface area contributed by atoms with Gasteiger partial charge in [0.1, 0.15) is 5.75 Å². The van der Waals surface area contributed by atoms with Crippen LogP contribution in [0.25, 0.3) is 0 Å². The number of halogens is 1. The normalized spacial score (nSPS) is 14.0. The van der Waals surface area contributed by atoms with Gasteiger partial charge in [-0.05, 0) is 37.2 Å². The summed E-state index contributed by atoms with van der Waals surface area (Å²) in [6, 6.07) is 15.9. The summed E-state index contributed by atoms with van der Waals surface area (Å²) in [6.07, 6.45) is 1.04. The highest BCUT2D eigenvalue weighted by atomic mass is 35.5. The first kappa shape index (κ1) is 23.8. The lowest BCUT2D eigenvalue weighted by Gasteiger charge is -2.36. The molecule has 0 unspecified atom stereocenters. The lowest BCUT2D eigenvalue weighted by atomic mass is 10.1. The Labute approximate surface area is 186 Å². The fourth-order valence-electron chi connectivity index (χ4n) is 3.69. The van der Waals surface area contributed by atoms with E-state index in [2.05, 4.69) is 27.2 Å². The van der Waals surface area contributed by atoms with Crippen LogP contribution < -0.4 is 15.0 Å². The van der Waals surface area contributed by atoms with Crippen molar-refractivity contribution in [2.75, 3.05) is 70.7 Å². The molecule has 1 N–H and O–H groups in total. The molecule has 2 aromatic carbocycles. The van der Waals surface area contributed by atoms with Crippen molar-refractivity contribution in [1.29, 1.82) is 0 Å². The van der Waals surface area contributed by atoms with Crippen LogP contribution in [-0.2, 0) is 0 Å². The fraction of sp³-hybridized carbons (Fsp3) is 0.435. The molecule has 0 saturated carbocycles. The molecular weight excluding hydrogens is 400 g/mol. The molecule has 3 rings (SSSR count). The summed E-state index contributed by atoms with van der Waals surface area (Å²) in [5, 5.41) is 3.44. The van der Waals surface area contributed by atoms with Crippen molar-refractivity contribution in [2.45, 2.75) is 6.42 Å². The maximum atomic E-state index is 12.3. The molecule has 1 aliphatic rings. The number of ether oxygens (including phenoxy) is 1. The average molecular weight is 433 g/mol. The third-order valence-electron chi connectivity index (χ3n) is 5.33. The number of piperazine rings is 1. The lowest BCUT2D eigenvalue weighted by molar-refractivity contribution is 0.0828. The first-order valence-electron chi connectivity index (χ1n) is 10.2. The Kier molecular flexibility index (Phi) is 9.27. The van der Waals surface area contributed by atoms with Gasteiger partial charge in [-0.25, -0.2) is 0 Å². The SMILES string of the molecule is COc1ccccc1N1CCN(CCCNc2ccccc2C(=O)N(C)C)CC1.Cl. The van der Waals surface area contributed by atoms with Crippen molar-refractivity contribution in [3.63, 3.8) is 0 Å². The van der Waals surface area contributed by atoms with Gasteiger partial charge in [-0.15, -0.1) is 12.4 Å². The molecule has 0 spiro atoms. The molecule has 1 heterocycles. The number of carbonyl (C=O) groups excluding carboxylic acids is 1. The third kappa shape index (κ3) is 6.03. The van der Waals surface area contributed by atoms with Crippen LogP contribution in [0.15, 0.2) is 48.5 Å². The Bertz CT molecular complexity index is 807. The summed E-state index contributed by atoms with van der Waals surface area (Å²) in [5.74, 6) is 0.969. The average Bonchev–Trinajstić information content (AvgIpc) is 2.77. The Balaban J connectivity index is 0.00000320. The summed E-state index contributed by atoms with van der Waals surface area (Å²) in [6.45, 7) is 6.02. The maximum absolute atomic E-state index is 12.3. The molecule has 0 atom stereocenters. The highest BCUT2D eigenvalue weighted by Crippen LogP contribution is 2.28. The number of benzene rings is 2. The van der Waals surface area contributed by atoms with E-state index >= 15 is 0 Å². The van der Waals surface area contributed by atoms with Gasteiger partial charge in [0.05, 0.1) is 18.4 Å². The molecule has 0 radical (unpaired) electrons. The van der Waals surface area contributed by atoms with Crippen molar-refractivity contribution in [1.82, 2.24) is 9.80 Å². The van der Waals surface area contributed by atoms with E-state index in [1.807, 2.05) is 36.4 Å². The number of hydrogen-bond donors (Lipinski definition) is 1. The second-order valence-corrected chi connectivity index (χ2v) is 7.53. The number of nitrogens with zero attached hydrogens (tertiary/aromatic N) is 3. The topological polar surface area (TPSA) is 48.1 Å². The maximum Gasteiger partial charge on any atom is 0.255 e. The van der Waals surface area contributed by atoms with E-state index in [9.17, 15) is 4.79 Å². The zero-order valence-corrected chi connectivity index (χ0v) is 19.0.